The summed E-state index contributed by atoms with van der Waals surface area (Å²) in [6.45, 7) is 4.03. The Balaban J connectivity index is 3.83. The predicted octanol–water partition coefficient (Wildman–Crippen LogP) is -1.47. The van der Waals surface area contributed by atoms with Gasteiger partial charge in [-0.25, -0.2) is 13.9 Å². The molecule has 1 rings (SSSR count). The first-order valence-corrected chi connectivity index (χ1v) is 12.0. The molecule has 0 bridgehead atoms. The second kappa shape index (κ2) is 12.9. The van der Waals surface area contributed by atoms with Gasteiger partial charge in [0.25, 0.3) is 5.79 Å². The Labute approximate surface area is 209 Å². The maximum absolute atomic E-state index is 12.2. The van der Waals surface area contributed by atoms with Crippen LogP contribution < -0.4 is 5.32 Å². The topological polar surface area (TPSA) is 248 Å². The van der Waals surface area contributed by atoms with Gasteiger partial charge in [-0.05, 0) is 0 Å². The first-order chi connectivity index (χ1) is 16.9. The number of esters is 4. The molecule has 1 aliphatic heterocycles. The van der Waals surface area contributed by atoms with Crippen LogP contribution in [0.4, 0.5) is 0 Å². The number of phosphoric acid groups is 1. The zero-order valence-electron chi connectivity index (χ0n) is 20.4. The van der Waals surface area contributed by atoms with Crippen LogP contribution in [0.25, 0.3) is 0 Å². The van der Waals surface area contributed by atoms with E-state index in [0.29, 0.717) is 0 Å². The maximum Gasteiger partial charge on any atom is 0.472 e. The molecule has 6 atom stereocenters. The van der Waals surface area contributed by atoms with Crippen molar-refractivity contribution in [2.75, 3.05) is 6.61 Å². The maximum atomic E-state index is 12.2. The van der Waals surface area contributed by atoms with E-state index in [1.54, 1.807) is 0 Å². The molecule has 0 radical (unpaired) electrons. The van der Waals surface area contributed by atoms with Gasteiger partial charge in [0.05, 0.1) is 12.5 Å². The van der Waals surface area contributed by atoms with Crippen molar-refractivity contribution in [3.05, 3.63) is 0 Å². The van der Waals surface area contributed by atoms with E-state index in [4.69, 9.17) is 23.7 Å². The minimum Gasteiger partial charge on any atom is -0.477 e. The Morgan fingerprint density at radius 3 is 1.95 bits per heavy atom. The van der Waals surface area contributed by atoms with E-state index in [0.717, 1.165) is 34.6 Å². The third kappa shape index (κ3) is 10.0. The molecule has 0 saturated carbocycles. The summed E-state index contributed by atoms with van der Waals surface area (Å²) in [5, 5.41) is 12.2. The van der Waals surface area contributed by atoms with Crippen LogP contribution in [0.5, 0.6) is 0 Å². The number of carboxylic acids is 1. The van der Waals surface area contributed by atoms with Gasteiger partial charge < -0.3 is 43.9 Å². The second-order valence-corrected chi connectivity index (χ2v) is 8.99. The van der Waals surface area contributed by atoms with Gasteiger partial charge in [-0.1, -0.05) is 0 Å². The number of rotatable bonds is 11. The number of phosphoric ester groups is 1. The van der Waals surface area contributed by atoms with Crippen molar-refractivity contribution in [1.82, 2.24) is 5.32 Å². The van der Waals surface area contributed by atoms with Crippen LogP contribution >= 0.6 is 7.82 Å². The lowest BCUT2D eigenvalue weighted by Crippen LogP contribution is -2.69. The van der Waals surface area contributed by atoms with E-state index in [1.807, 2.05) is 0 Å². The first-order valence-electron chi connectivity index (χ1n) is 10.5. The normalized spacial score (nSPS) is 25.1. The largest absolute Gasteiger partial charge is 0.477 e. The Morgan fingerprint density at radius 2 is 1.54 bits per heavy atom. The summed E-state index contributed by atoms with van der Waals surface area (Å²) in [7, 11) is -5.61. The molecule has 0 aromatic carbocycles. The molecule has 0 aliphatic carbocycles. The van der Waals surface area contributed by atoms with E-state index >= 15 is 0 Å². The lowest BCUT2D eigenvalue weighted by Gasteiger charge is -2.47. The van der Waals surface area contributed by atoms with Gasteiger partial charge in [-0.15, -0.1) is 0 Å². The number of carbonyl (C=O) groups excluding carboxylic acids is 5. The average Bonchev–Trinajstić information content (AvgIpc) is 2.68. The van der Waals surface area contributed by atoms with Gasteiger partial charge in [0.15, 0.2) is 12.2 Å². The summed E-state index contributed by atoms with van der Waals surface area (Å²) in [4.78, 5) is 89.8. The molecule has 1 heterocycles. The van der Waals surface area contributed by atoms with Gasteiger partial charge in [0.2, 0.25) is 5.91 Å². The number of amides is 1. The quantitative estimate of drug-likeness (QED) is 0.129. The zero-order valence-corrected chi connectivity index (χ0v) is 21.3. The van der Waals surface area contributed by atoms with Crippen molar-refractivity contribution >= 4 is 43.6 Å². The standard InChI is InChI=1S/C19H28NO16P/c1-8(21)20-15-13(32-10(3)23)6-19(18(26)27,36-37(28,29)30)35-17(15)16(34-12(5)25)14(33-11(4)24)7-31-9(2)22/h13-17H,6-7H2,1-5H3,(H,20,21)(H,26,27)(H2,28,29,30)/t13-,14+,15+,16+,17+,19+/m0/s1. The summed E-state index contributed by atoms with van der Waals surface area (Å²) in [6.07, 6.45) is -8.34. The Kier molecular flexibility index (Phi) is 11.1. The highest BCUT2D eigenvalue weighted by atomic mass is 31.2. The SMILES string of the molecule is CC(=O)N[C@H]1[C@H]([C@H](OC(C)=O)[C@@H](COC(C)=O)OC(C)=O)O[C@](OP(=O)(O)O)(C(=O)O)C[C@@H]1OC(C)=O. The molecule has 0 unspecified atom stereocenters. The molecule has 1 fully saturated rings. The van der Waals surface area contributed by atoms with Crippen LogP contribution in [0, 0.1) is 0 Å². The van der Waals surface area contributed by atoms with Crippen molar-refractivity contribution in [3.63, 3.8) is 0 Å². The molecule has 210 valence electrons. The number of aliphatic carboxylic acids is 1. The minimum absolute atomic E-state index is 0.767. The van der Waals surface area contributed by atoms with Crippen LogP contribution in [-0.2, 0) is 61.5 Å². The molecule has 0 aromatic rings. The molecule has 1 amide bonds. The molecule has 4 N–H and O–H groups in total. The monoisotopic (exact) mass is 557 g/mol. The third-order valence-corrected chi connectivity index (χ3v) is 5.12. The molecule has 17 nitrogen and oxygen atoms in total. The van der Waals surface area contributed by atoms with Crippen LogP contribution in [0.15, 0.2) is 0 Å². The van der Waals surface area contributed by atoms with Crippen molar-refractivity contribution in [1.29, 1.82) is 0 Å². The van der Waals surface area contributed by atoms with Crippen molar-refractivity contribution in [3.8, 4) is 0 Å². The number of hydrogen-bond donors (Lipinski definition) is 4. The molecule has 18 heteroatoms. The van der Waals surface area contributed by atoms with Gasteiger partial charge in [-0.3, -0.25) is 24.0 Å². The molecule has 0 aromatic heterocycles. The lowest BCUT2D eigenvalue weighted by atomic mass is 9.88. The Morgan fingerprint density at radius 1 is 0.973 bits per heavy atom. The molecule has 1 aliphatic rings. The fourth-order valence-corrected chi connectivity index (χ4v) is 4.12. The van der Waals surface area contributed by atoms with Crippen LogP contribution in [0.3, 0.4) is 0 Å². The van der Waals surface area contributed by atoms with E-state index in [1.165, 1.54) is 0 Å². The molecule has 37 heavy (non-hydrogen) atoms. The van der Waals surface area contributed by atoms with Crippen LogP contribution in [0.1, 0.15) is 41.0 Å². The predicted molar refractivity (Wildman–Crippen MR) is 114 cm³/mol. The summed E-state index contributed by atoms with van der Waals surface area (Å²) in [5.41, 5.74) is 0. The summed E-state index contributed by atoms with van der Waals surface area (Å²) in [5.74, 6) is -9.99. The van der Waals surface area contributed by atoms with Gasteiger partial charge in [0, 0.05) is 34.6 Å². The Hall–Kier alpha value is -3.11. The second-order valence-electron chi connectivity index (χ2n) is 7.83. The van der Waals surface area contributed by atoms with E-state index < -0.39 is 92.8 Å². The van der Waals surface area contributed by atoms with Crippen LogP contribution in [-0.4, -0.2) is 93.5 Å². The highest BCUT2D eigenvalue weighted by Gasteiger charge is 2.60. The number of nitrogens with one attached hydrogen (secondary N) is 1. The summed E-state index contributed by atoms with van der Waals surface area (Å²) < 4.78 is 41.7. The molecular weight excluding hydrogens is 529 g/mol. The van der Waals surface area contributed by atoms with Gasteiger partial charge >= 0.3 is 37.7 Å². The van der Waals surface area contributed by atoms with Gasteiger partial charge in [0.1, 0.15) is 18.8 Å². The smallest absolute Gasteiger partial charge is 0.472 e. The minimum atomic E-state index is -5.61. The average molecular weight is 557 g/mol. The van der Waals surface area contributed by atoms with Gasteiger partial charge in [-0.2, -0.15) is 0 Å². The molecule has 0 spiro atoms. The number of ether oxygens (including phenoxy) is 5. The van der Waals surface area contributed by atoms with E-state index in [-0.39, 0.29) is 0 Å². The number of carboxylic acid groups (broad SMARTS) is 1. The number of hydrogen-bond acceptors (Lipinski definition) is 13. The summed E-state index contributed by atoms with van der Waals surface area (Å²) in [6, 6.07) is -1.56. The van der Waals surface area contributed by atoms with Crippen LogP contribution in [0.2, 0.25) is 0 Å². The first kappa shape index (κ1) is 31.9. The summed E-state index contributed by atoms with van der Waals surface area (Å²) >= 11 is 0. The van der Waals surface area contributed by atoms with E-state index in [2.05, 4.69) is 9.84 Å². The third-order valence-electron chi connectivity index (χ3n) is 4.59. The fourth-order valence-electron chi connectivity index (χ4n) is 3.54. The molecule has 1 saturated heterocycles. The van der Waals surface area contributed by atoms with Crippen molar-refractivity contribution in [2.24, 2.45) is 0 Å². The zero-order chi connectivity index (χ0) is 28.7. The van der Waals surface area contributed by atoms with E-state index in [9.17, 15) is 48.2 Å². The Bertz CT molecular complexity index is 962. The van der Waals surface area contributed by atoms with Crippen molar-refractivity contribution < 1.29 is 76.4 Å². The lowest BCUT2D eigenvalue weighted by molar-refractivity contribution is -0.291. The molecular formula is C19H28NO16P. The van der Waals surface area contributed by atoms with Crippen molar-refractivity contribution in [2.45, 2.75) is 77.3 Å². The highest BCUT2D eigenvalue weighted by Crippen LogP contribution is 2.47. The fraction of sp³-hybridized carbons (Fsp3) is 0.684. The highest BCUT2D eigenvalue weighted by molar-refractivity contribution is 7.46. The number of carbonyl (C=O) groups is 6.